The van der Waals surface area contributed by atoms with Gasteiger partial charge in [0.25, 0.3) is 0 Å². The number of thiophene rings is 1. The van der Waals surface area contributed by atoms with Gasteiger partial charge in [-0.1, -0.05) is 24.3 Å². The van der Waals surface area contributed by atoms with Crippen LogP contribution in [0.1, 0.15) is 60.1 Å². The normalized spacial score (nSPS) is 20.2. The van der Waals surface area contributed by atoms with Crippen molar-refractivity contribution in [2.75, 3.05) is 45.8 Å². The summed E-state index contributed by atoms with van der Waals surface area (Å²) in [5.41, 5.74) is 3.48. The lowest BCUT2D eigenvalue weighted by molar-refractivity contribution is -0.122. The maximum absolute atomic E-state index is 13.1. The van der Waals surface area contributed by atoms with Crippen LogP contribution in [0, 0.1) is 6.92 Å². The lowest BCUT2D eigenvalue weighted by Crippen LogP contribution is -2.47. The third-order valence-electron chi connectivity index (χ3n) is 7.16. The van der Waals surface area contributed by atoms with E-state index in [0.717, 1.165) is 13.0 Å². The monoisotopic (exact) mass is 565 g/mol. The minimum atomic E-state index is -0.625. The summed E-state index contributed by atoms with van der Waals surface area (Å²) in [6, 6.07) is 12.9. The Labute approximate surface area is 240 Å². The topological polar surface area (TPSA) is 97.8 Å². The molecular formula is C30H39N5O4S. The number of carbonyl (C=O) groups excluding carboxylic acids is 1. The minimum absolute atomic E-state index is 0.0366. The molecule has 2 aliphatic rings. The molecule has 2 aliphatic heterocycles. The quantitative estimate of drug-likeness (QED) is 0.367. The van der Waals surface area contributed by atoms with E-state index < -0.39 is 6.29 Å². The molecule has 0 spiro atoms. The molecule has 2 saturated heterocycles. The van der Waals surface area contributed by atoms with E-state index in [1.54, 1.807) is 11.3 Å². The van der Waals surface area contributed by atoms with Crippen LogP contribution in [0.2, 0.25) is 0 Å². The number of ether oxygens (including phenoxy) is 3. The molecule has 0 bridgehead atoms. The molecule has 0 saturated carbocycles. The van der Waals surface area contributed by atoms with Crippen LogP contribution >= 0.6 is 11.3 Å². The van der Waals surface area contributed by atoms with E-state index in [1.807, 2.05) is 13.8 Å². The van der Waals surface area contributed by atoms with E-state index in [4.69, 9.17) is 19.2 Å². The van der Waals surface area contributed by atoms with Crippen molar-refractivity contribution in [3.05, 3.63) is 63.9 Å². The molecule has 2 aromatic heterocycles. The Morgan fingerprint density at radius 3 is 2.65 bits per heavy atom. The molecule has 2 atom stereocenters. The standard InChI is InChI=1S/C30H39N5O4S/c1-19(24-10-11-25(40-24)22-9-7-6-8-21(22)17-35(4)5)31-28-27(29-38-14-15-39-29)23(32-20(2)33-28)16-26(36)34-30(3)12-13-37-18-30/h6-11,19,29H,12-18H2,1-5H3,(H,34,36)(H,31,32,33)/t19-,30?/m1/s1. The number of hydrogen-bond acceptors (Lipinski definition) is 9. The maximum Gasteiger partial charge on any atom is 0.226 e. The SMILES string of the molecule is Cc1nc(CC(=O)NC2(C)CCOC2)c(C2OCCO2)c(N[C@H](C)c2ccc(-c3ccccc3CN(C)C)s2)n1. The Kier molecular flexibility index (Phi) is 8.82. The molecular weight excluding hydrogens is 526 g/mol. The molecule has 5 rings (SSSR count). The Morgan fingerprint density at radius 2 is 1.93 bits per heavy atom. The van der Waals surface area contributed by atoms with Crippen LogP contribution in [0.15, 0.2) is 36.4 Å². The number of carbonyl (C=O) groups is 1. The van der Waals surface area contributed by atoms with Gasteiger partial charge < -0.3 is 29.7 Å². The fourth-order valence-corrected chi connectivity index (χ4v) is 6.27. The smallest absolute Gasteiger partial charge is 0.226 e. The number of nitrogens with one attached hydrogen (secondary N) is 2. The highest BCUT2D eigenvalue weighted by molar-refractivity contribution is 7.15. The summed E-state index contributed by atoms with van der Waals surface area (Å²) in [7, 11) is 4.17. The first-order valence-corrected chi connectivity index (χ1v) is 14.6. The molecule has 40 heavy (non-hydrogen) atoms. The van der Waals surface area contributed by atoms with Gasteiger partial charge in [-0.3, -0.25) is 4.79 Å². The van der Waals surface area contributed by atoms with Gasteiger partial charge in [-0.2, -0.15) is 0 Å². The van der Waals surface area contributed by atoms with Gasteiger partial charge in [0, 0.05) is 22.9 Å². The van der Waals surface area contributed by atoms with Crippen molar-refractivity contribution in [2.24, 2.45) is 0 Å². The lowest BCUT2D eigenvalue weighted by atomic mass is 10.0. The van der Waals surface area contributed by atoms with Gasteiger partial charge in [0.2, 0.25) is 5.91 Å². The highest BCUT2D eigenvalue weighted by Crippen LogP contribution is 2.37. The first-order chi connectivity index (χ1) is 19.2. The Morgan fingerprint density at radius 1 is 1.15 bits per heavy atom. The van der Waals surface area contributed by atoms with Crippen LogP contribution in [0.4, 0.5) is 5.82 Å². The maximum atomic E-state index is 13.1. The predicted molar refractivity (Wildman–Crippen MR) is 156 cm³/mol. The Bertz CT molecular complexity index is 1330. The minimum Gasteiger partial charge on any atom is -0.379 e. The van der Waals surface area contributed by atoms with E-state index >= 15 is 0 Å². The van der Waals surface area contributed by atoms with Crippen molar-refractivity contribution >= 4 is 23.1 Å². The second-order valence-corrected chi connectivity index (χ2v) is 12.2. The predicted octanol–water partition coefficient (Wildman–Crippen LogP) is 4.63. The van der Waals surface area contributed by atoms with Crippen molar-refractivity contribution in [3.8, 4) is 10.4 Å². The number of aryl methyl sites for hydroxylation is 1. The highest BCUT2D eigenvalue weighted by Gasteiger charge is 2.33. The number of rotatable bonds is 10. The molecule has 1 aromatic carbocycles. The van der Waals surface area contributed by atoms with Crippen LogP contribution in [-0.2, 0) is 32.0 Å². The van der Waals surface area contributed by atoms with Crippen LogP contribution in [0.25, 0.3) is 10.4 Å². The van der Waals surface area contributed by atoms with Crippen molar-refractivity contribution in [1.29, 1.82) is 0 Å². The molecule has 10 heteroatoms. The Hall–Kier alpha value is -2.89. The van der Waals surface area contributed by atoms with Crippen molar-refractivity contribution in [2.45, 2.75) is 58.0 Å². The number of benzene rings is 1. The number of hydrogen-bond donors (Lipinski definition) is 2. The van der Waals surface area contributed by atoms with E-state index in [-0.39, 0.29) is 23.9 Å². The van der Waals surface area contributed by atoms with Crippen molar-refractivity contribution in [1.82, 2.24) is 20.2 Å². The second-order valence-electron chi connectivity index (χ2n) is 11.1. The van der Waals surface area contributed by atoms with E-state index in [9.17, 15) is 4.79 Å². The third-order valence-corrected chi connectivity index (χ3v) is 8.46. The van der Waals surface area contributed by atoms with Gasteiger partial charge in [0.05, 0.1) is 49.1 Å². The van der Waals surface area contributed by atoms with Gasteiger partial charge in [-0.05, 0) is 64.5 Å². The van der Waals surface area contributed by atoms with Crippen LogP contribution < -0.4 is 10.6 Å². The molecule has 214 valence electrons. The number of nitrogens with zero attached hydrogens (tertiary/aromatic N) is 3. The van der Waals surface area contributed by atoms with Crippen LogP contribution in [0.3, 0.4) is 0 Å². The third kappa shape index (κ3) is 6.70. The lowest BCUT2D eigenvalue weighted by Gasteiger charge is -2.25. The number of aromatic nitrogens is 2. The summed E-state index contributed by atoms with van der Waals surface area (Å²) in [4.78, 5) is 27.1. The summed E-state index contributed by atoms with van der Waals surface area (Å²) in [6.07, 6.45) is 0.267. The summed E-state index contributed by atoms with van der Waals surface area (Å²) in [5, 5.41) is 6.72. The largest absolute Gasteiger partial charge is 0.379 e. The van der Waals surface area contributed by atoms with E-state index in [1.165, 1.54) is 20.9 Å². The molecule has 1 amide bonds. The van der Waals surface area contributed by atoms with Crippen LogP contribution in [-0.4, -0.2) is 66.8 Å². The molecule has 2 N–H and O–H groups in total. The first-order valence-electron chi connectivity index (χ1n) is 13.8. The molecule has 2 fully saturated rings. The Balaban J connectivity index is 1.40. The summed E-state index contributed by atoms with van der Waals surface area (Å²) in [5.74, 6) is 1.11. The fourth-order valence-electron chi connectivity index (χ4n) is 5.20. The highest BCUT2D eigenvalue weighted by atomic mass is 32.1. The van der Waals surface area contributed by atoms with Gasteiger partial charge >= 0.3 is 0 Å². The zero-order valence-corrected chi connectivity index (χ0v) is 24.8. The first kappa shape index (κ1) is 28.6. The summed E-state index contributed by atoms with van der Waals surface area (Å²) < 4.78 is 17.3. The average molecular weight is 566 g/mol. The number of anilines is 1. The van der Waals surface area contributed by atoms with Gasteiger partial charge in [-0.25, -0.2) is 9.97 Å². The van der Waals surface area contributed by atoms with Gasteiger partial charge in [0.1, 0.15) is 11.6 Å². The molecule has 9 nitrogen and oxygen atoms in total. The van der Waals surface area contributed by atoms with Crippen LogP contribution in [0.5, 0.6) is 0 Å². The number of amides is 1. The van der Waals surface area contributed by atoms with E-state index in [2.05, 4.69) is 77.9 Å². The second kappa shape index (κ2) is 12.3. The van der Waals surface area contributed by atoms with Gasteiger partial charge in [-0.15, -0.1) is 11.3 Å². The zero-order chi connectivity index (χ0) is 28.3. The average Bonchev–Trinajstić information content (AvgIpc) is 3.66. The fraction of sp³-hybridized carbons (Fsp3) is 0.500. The molecule has 3 aromatic rings. The van der Waals surface area contributed by atoms with Crippen molar-refractivity contribution in [3.63, 3.8) is 0 Å². The summed E-state index contributed by atoms with van der Waals surface area (Å²) >= 11 is 1.77. The summed E-state index contributed by atoms with van der Waals surface area (Å²) in [6.45, 7) is 8.97. The van der Waals surface area contributed by atoms with E-state index in [0.29, 0.717) is 49.3 Å². The zero-order valence-electron chi connectivity index (χ0n) is 24.0. The molecule has 0 radical (unpaired) electrons. The molecule has 4 heterocycles. The molecule has 1 unspecified atom stereocenters. The van der Waals surface area contributed by atoms with Crippen molar-refractivity contribution < 1.29 is 19.0 Å². The van der Waals surface area contributed by atoms with Gasteiger partial charge in [0.15, 0.2) is 6.29 Å². The molecule has 0 aliphatic carbocycles.